The van der Waals surface area contributed by atoms with Gasteiger partial charge in [0.15, 0.2) is 5.75 Å². The molecule has 0 fully saturated rings. The van der Waals surface area contributed by atoms with Gasteiger partial charge in [0, 0.05) is 18.0 Å². The Hall–Kier alpha value is -2.08. The molecule has 1 heterocycles. The monoisotopic (exact) mass is 290 g/mol. The number of hydrogen-bond donors (Lipinski definition) is 0. The van der Waals surface area contributed by atoms with Gasteiger partial charge in [0.05, 0.1) is 16.6 Å². The molecule has 0 aliphatic rings. The molecule has 6 heteroatoms. The van der Waals surface area contributed by atoms with Crippen molar-refractivity contribution in [2.45, 2.75) is 11.9 Å². The number of benzene rings is 1. The zero-order valence-electron chi connectivity index (χ0n) is 11.0. The number of aromatic nitrogens is 1. The number of para-hydroxylation sites is 2. The lowest BCUT2D eigenvalue weighted by atomic mass is 10.3. The fourth-order valence-corrected chi connectivity index (χ4v) is 2.23. The lowest BCUT2D eigenvalue weighted by Gasteiger charge is -2.06. The molecule has 0 unspecified atom stereocenters. The van der Waals surface area contributed by atoms with Crippen LogP contribution in [0.5, 0.6) is 5.75 Å². The maximum Gasteiger partial charge on any atom is 0.310 e. The lowest BCUT2D eigenvalue weighted by Crippen LogP contribution is -2.02. The van der Waals surface area contributed by atoms with Crippen molar-refractivity contribution in [3.63, 3.8) is 0 Å². The Morgan fingerprint density at radius 2 is 2.10 bits per heavy atom. The van der Waals surface area contributed by atoms with Crippen molar-refractivity contribution in [3.05, 3.63) is 58.3 Å². The van der Waals surface area contributed by atoms with Gasteiger partial charge in [-0.05, 0) is 24.6 Å². The van der Waals surface area contributed by atoms with Crippen molar-refractivity contribution in [1.82, 2.24) is 4.98 Å². The minimum Gasteiger partial charge on any atom is -0.486 e. The number of nitro benzene ring substituents is 1. The van der Waals surface area contributed by atoms with Crippen LogP contribution in [0.2, 0.25) is 0 Å². The quantitative estimate of drug-likeness (QED) is 0.353. The van der Waals surface area contributed by atoms with Crippen LogP contribution < -0.4 is 4.74 Å². The van der Waals surface area contributed by atoms with E-state index < -0.39 is 4.92 Å². The van der Waals surface area contributed by atoms with E-state index in [9.17, 15) is 10.1 Å². The molecule has 0 radical (unpaired) electrons. The second-order valence-corrected chi connectivity index (χ2v) is 5.21. The summed E-state index contributed by atoms with van der Waals surface area (Å²) >= 11 is 1.56. The van der Waals surface area contributed by atoms with Gasteiger partial charge >= 0.3 is 5.69 Å². The van der Waals surface area contributed by atoms with E-state index in [1.54, 1.807) is 30.0 Å². The van der Waals surface area contributed by atoms with E-state index in [1.165, 1.54) is 6.07 Å². The molecule has 5 nitrogen and oxygen atoms in total. The molecule has 0 aliphatic heterocycles. The fraction of sp³-hybridized carbons (Fsp3) is 0.214. The van der Waals surface area contributed by atoms with Crippen LogP contribution in [0.3, 0.4) is 0 Å². The third kappa shape index (κ3) is 3.96. The lowest BCUT2D eigenvalue weighted by molar-refractivity contribution is -0.385. The van der Waals surface area contributed by atoms with Crippen LogP contribution in [-0.2, 0) is 0 Å². The second kappa shape index (κ2) is 6.91. The highest BCUT2D eigenvalue weighted by Crippen LogP contribution is 2.26. The number of nitrogens with zero attached hydrogens (tertiary/aromatic N) is 2. The third-order valence-electron chi connectivity index (χ3n) is 2.54. The van der Waals surface area contributed by atoms with Gasteiger partial charge in [0.2, 0.25) is 0 Å². The topological polar surface area (TPSA) is 65.3 Å². The number of hydrogen-bond acceptors (Lipinski definition) is 5. The fourth-order valence-electron chi connectivity index (χ4n) is 1.57. The van der Waals surface area contributed by atoms with Gasteiger partial charge in [0.25, 0.3) is 0 Å². The van der Waals surface area contributed by atoms with Crippen molar-refractivity contribution in [3.8, 4) is 5.75 Å². The van der Waals surface area contributed by atoms with Crippen LogP contribution in [0.4, 0.5) is 5.69 Å². The number of rotatable bonds is 6. The molecule has 0 N–H and O–H groups in total. The van der Waals surface area contributed by atoms with Crippen LogP contribution in [0.15, 0.2) is 47.6 Å². The van der Waals surface area contributed by atoms with Gasteiger partial charge in [-0.3, -0.25) is 10.1 Å². The number of pyridine rings is 1. The summed E-state index contributed by atoms with van der Waals surface area (Å²) in [6.45, 7) is 2.38. The van der Waals surface area contributed by atoms with E-state index in [-0.39, 0.29) is 5.69 Å². The van der Waals surface area contributed by atoms with Crippen LogP contribution in [0, 0.1) is 17.0 Å². The highest BCUT2D eigenvalue weighted by atomic mass is 32.2. The predicted octanol–water partition coefficient (Wildman–Crippen LogP) is 3.47. The maximum absolute atomic E-state index is 10.8. The summed E-state index contributed by atoms with van der Waals surface area (Å²) in [4.78, 5) is 14.6. The molecule has 0 amide bonds. The molecule has 0 saturated carbocycles. The summed E-state index contributed by atoms with van der Waals surface area (Å²) < 4.78 is 5.45. The molecule has 0 aliphatic carbocycles. The first kappa shape index (κ1) is 14.3. The second-order valence-electron chi connectivity index (χ2n) is 4.10. The normalized spacial score (nSPS) is 10.2. The molecular weight excluding hydrogens is 276 g/mol. The first-order chi connectivity index (χ1) is 9.66. The third-order valence-corrected chi connectivity index (χ3v) is 3.45. The van der Waals surface area contributed by atoms with Gasteiger partial charge < -0.3 is 4.74 Å². The Labute approximate surface area is 121 Å². The highest BCUT2D eigenvalue weighted by molar-refractivity contribution is 7.99. The van der Waals surface area contributed by atoms with Crippen molar-refractivity contribution in [2.24, 2.45) is 0 Å². The predicted molar refractivity (Wildman–Crippen MR) is 78.3 cm³/mol. The summed E-state index contributed by atoms with van der Waals surface area (Å²) in [5, 5.41) is 11.7. The zero-order chi connectivity index (χ0) is 14.4. The van der Waals surface area contributed by atoms with Gasteiger partial charge in [0.1, 0.15) is 0 Å². The van der Waals surface area contributed by atoms with Gasteiger partial charge in [-0.2, -0.15) is 0 Å². The van der Waals surface area contributed by atoms with E-state index in [1.807, 2.05) is 25.3 Å². The molecule has 0 spiro atoms. The van der Waals surface area contributed by atoms with Gasteiger partial charge in [-0.25, -0.2) is 4.98 Å². The van der Waals surface area contributed by atoms with E-state index in [2.05, 4.69) is 4.98 Å². The van der Waals surface area contributed by atoms with Crippen molar-refractivity contribution < 1.29 is 9.66 Å². The Morgan fingerprint density at radius 1 is 1.30 bits per heavy atom. The first-order valence-electron chi connectivity index (χ1n) is 6.08. The largest absolute Gasteiger partial charge is 0.486 e. The summed E-state index contributed by atoms with van der Waals surface area (Å²) in [7, 11) is 0. The number of ether oxygens (including phenoxy) is 1. The molecule has 2 rings (SSSR count). The van der Waals surface area contributed by atoms with E-state index in [0.29, 0.717) is 18.1 Å². The SMILES string of the molecule is Cc1ccc(SCCOc2ccccc2[N+](=O)[O-])nc1. The zero-order valence-corrected chi connectivity index (χ0v) is 11.8. The maximum atomic E-state index is 10.8. The highest BCUT2D eigenvalue weighted by Gasteiger charge is 2.13. The Bertz CT molecular complexity index is 587. The summed E-state index contributed by atoms with van der Waals surface area (Å²) in [5.41, 5.74) is 1.11. The molecule has 1 aromatic heterocycles. The molecule has 104 valence electrons. The molecule has 0 bridgehead atoms. The minimum atomic E-state index is -0.440. The number of thioether (sulfide) groups is 1. The Morgan fingerprint density at radius 3 is 2.80 bits per heavy atom. The standard InChI is InChI=1S/C14H14N2O3S/c1-11-6-7-14(15-10-11)20-9-8-19-13-5-3-2-4-12(13)16(17)18/h2-7,10H,8-9H2,1H3. The molecular formula is C14H14N2O3S. The van der Waals surface area contributed by atoms with Crippen LogP contribution in [0.1, 0.15) is 5.56 Å². The Balaban J connectivity index is 1.84. The van der Waals surface area contributed by atoms with Crippen molar-refractivity contribution >= 4 is 17.4 Å². The molecule has 20 heavy (non-hydrogen) atoms. The van der Waals surface area contributed by atoms with Crippen LogP contribution in [-0.4, -0.2) is 22.3 Å². The molecule has 0 atom stereocenters. The van der Waals surface area contributed by atoms with Crippen LogP contribution in [0.25, 0.3) is 0 Å². The minimum absolute atomic E-state index is 0.00837. The summed E-state index contributed by atoms with van der Waals surface area (Å²) in [6, 6.07) is 10.3. The molecule has 0 saturated heterocycles. The van der Waals surface area contributed by atoms with E-state index in [0.717, 1.165) is 10.6 Å². The molecule has 2 aromatic rings. The van der Waals surface area contributed by atoms with E-state index in [4.69, 9.17) is 4.74 Å². The van der Waals surface area contributed by atoms with Gasteiger partial charge in [-0.1, -0.05) is 18.2 Å². The first-order valence-corrected chi connectivity index (χ1v) is 7.07. The Kier molecular flexibility index (Phi) is 4.95. The number of nitro groups is 1. The smallest absolute Gasteiger partial charge is 0.310 e. The summed E-state index contributed by atoms with van der Waals surface area (Å²) in [6.07, 6.45) is 1.81. The van der Waals surface area contributed by atoms with Crippen molar-refractivity contribution in [1.29, 1.82) is 0 Å². The average molecular weight is 290 g/mol. The van der Waals surface area contributed by atoms with Gasteiger partial charge in [-0.15, -0.1) is 11.8 Å². The van der Waals surface area contributed by atoms with Crippen molar-refractivity contribution in [2.75, 3.05) is 12.4 Å². The molecule has 1 aromatic carbocycles. The average Bonchev–Trinajstić information content (AvgIpc) is 2.46. The van der Waals surface area contributed by atoms with Crippen LogP contribution >= 0.6 is 11.8 Å². The number of aryl methyl sites for hydroxylation is 1. The summed E-state index contributed by atoms with van der Waals surface area (Å²) in [5.74, 6) is 0.984. The van der Waals surface area contributed by atoms with E-state index >= 15 is 0 Å².